The summed E-state index contributed by atoms with van der Waals surface area (Å²) in [4.78, 5) is 13.9. The Morgan fingerprint density at radius 2 is 1.41 bits per heavy atom. The maximum Gasteiger partial charge on any atom is 0.346 e. The van der Waals surface area contributed by atoms with Gasteiger partial charge in [0, 0.05) is 6.54 Å². The predicted octanol–water partition coefficient (Wildman–Crippen LogP) is 4.06. The van der Waals surface area contributed by atoms with Crippen LogP contribution in [0.2, 0.25) is 0 Å². The van der Waals surface area contributed by atoms with Crippen LogP contribution in [0.15, 0.2) is 4.99 Å². The predicted molar refractivity (Wildman–Crippen MR) is 72.8 cm³/mol. The number of carboxylic acid groups (broad SMARTS) is 1. The number of hydrogen-bond acceptors (Lipinski definition) is 2. The van der Waals surface area contributed by atoms with Gasteiger partial charge in [0.25, 0.3) is 0 Å². The Kier molecular flexibility index (Phi) is 12.5. The van der Waals surface area contributed by atoms with Crippen molar-refractivity contribution >= 4 is 12.2 Å². The minimum absolute atomic E-state index is 0.656. The lowest BCUT2D eigenvalue weighted by atomic mass is 10.1. The van der Waals surface area contributed by atoms with Gasteiger partial charge in [-0.15, -0.1) is 0 Å². The summed E-state index contributed by atoms with van der Waals surface area (Å²) >= 11 is 0. The van der Waals surface area contributed by atoms with E-state index in [9.17, 15) is 4.79 Å². The van der Waals surface area contributed by atoms with Crippen molar-refractivity contribution < 1.29 is 9.90 Å². The zero-order valence-electron chi connectivity index (χ0n) is 11.2. The lowest BCUT2D eigenvalue weighted by molar-refractivity contribution is -0.128. The average molecular weight is 241 g/mol. The number of aliphatic carboxylic acids is 1. The molecule has 0 saturated heterocycles. The first-order valence-electron chi connectivity index (χ1n) is 7.00. The molecule has 0 rings (SSSR count). The minimum Gasteiger partial charge on any atom is -0.477 e. The van der Waals surface area contributed by atoms with Crippen molar-refractivity contribution in [1.82, 2.24) is 0 Å². The van der Waals surface area contributed by atoms with E-state index in [0.29, 0.717) is 6.54 Å². The third kappa shape index (κ3) is 15.1. The maximum absolute atomic E-state index is 10.1. The van der Waals surface area contributed by atoms with Gasteiger partial charge in [0.2, 0.25) is 0 Å². The summed E-state index contributed by atoms with van der Waals surface area (Å²) in [6.07, 6.45) is 13.9. The van der Waals surface area contributed by atoms with Crippen molar-refractivity contribution in [3.63, 3.8) is 0 Å². The van der Waals surface area contributed by atoms with Crippen LogP contribution in [0.5, 0.6) is 0 Å². The van der Waals surface area contributed by atoms with Gasteiger partial charge in [-0.25, -0.2) is 4.79 Å². The van der Waals surface area contributed by atoms with Crippen LogP contribution in [-0.4, -0.2) is 23.8 Å². The number of carboxylic acids is 1. The SMILES string of the molecule is CCCCCCCCCCCCN=CC(=O)O. The van der Waals surface area contributed by atoms with Crippen LogP contribution in [0.1, 0.15) is 71.1 Å². The summed E-state index contributed by atoms with van der Waals surface area (Å²) in [5, 5.41) is 8.33. The zero-order valence-corrected chi connectivity index (χ0v) is 11.2. The highest BCUT2D eigenvalue weighted by molar-refractivity contribution is 6.21. The van der Waals surface area contributed by atoms with Gasteiger partial charge in [0.1, 0.15) is 6.21 Å². The normalized spacial score (nSPS) is 11.1. The van der Waals surface area contributed by atoms with E-state index in [0.717, 1.165) is 12.6 Å². The quantitative estimate of drug-likeness (QED) is 0.414. The molecule has 0 bridgehead atoms. The van der Waals surface area contributed by atoms with Crippen LogP contribution >= 0.6 is 0 Å². The van der Waals surface area contributed by atoms with Gasteiger partial charge in [-0.1, -0.05) is 64.7 Å². The molecule has 0 aliphatic rings. The molecular formula is C14H27NO2. The van der Waals surface area contributed by atoms with Crippen molar-refractivity contribution in [3.05, 3.63) is 0 Å². The first kappa shape index (κ1) is 16.1. The molecule has 0 radical (unpaired) electrons. The van der Waals surface area contributed by atoms with Crippen LogP contribution in [0.25, 0.3) is 0 Å². The Morgan fingerprint density at radius 1 is 0.941 bits per heavy atom. The highest BCUT2D eigenvalue weighted by Gasteiger charge is 1.92. The van der Waals surface area contributed by atoms with E-state index in [1.165, 1.54) is 57.8 Å². The summed E-state index contributed by atoms with van der Waals surface area (Å²) < 4.78 is 0. The lowest BCUT2D eigenvalue weighted by Crippen LogP contribution is -1.96. The third-order valence-electron chi connectivity index (χ3n) is 2.84. The molecule has 0 fully saturated rings. The minimum atomic E-state index is -0.947. The van der Waals surface area contributed by atoms with Crippen LogP contribution in [0, 0.1) is 0 Å². The average Bonchev–Trinajstić information content (AvgIpc) is 2.30. The number of unbranched alkanes of at least 4 members (excludes halogenated alkanes) is 9. The van der Waals surface area contributed by atoms with Gasteiger partial charge in [0.05, 0.1) is 0 Å². The Morgan fingerprint density at radius 3 is 1.88 bits per heavy atom. The van der Waals surface area contributed by atoms with Crippen molar-refractivity contribution in [2.75, 3.05) is 6.54 Å². The van der Waals surface area contributed by atoms with Crippen molar-refractivity contribution in [3.8, 4) is 0 Å². The molecule has 100 valence electrons. The monoisotopic (exact) mass is 241 g/mol. The highest BCUT2D eigenvalue weighted by Crippen LogP contribution is 2.10. The Balaban J connectivity index is 3.01. The summed E-state index contributed by atoms with van der Waals surface area (Å²) in [5.74, 6) is -0.947. The molecule has 0 atom stereocenters. The number of aliphatic imine (C=N–C) groups is 1. The third-order valence-corrected chi connectivity index (χ3v) is 2.84. The van der Waals surface area contributed by atoms with E-state index in [1.54, 1.807) is 0 Å². The molecule has 1 N–H and O–H groups in total. The van der Waals surface area contributed by atoms with E-state index in [1.807, 2.05) is 0 Å². The molecule has 3 nitrogen and oxygen atoms in total. The molecule has 17 heavy (non-hydrogen) atoms. The first-order valence-corrected chi connectivity index (χ1v) is 7.00. The number of carbonyl (C=O) groups is 1. The van der Waals surface area contributed by atoms with E-state index in [-0.39, 0.29) is 0 Å². The van der Waals surface area contributed by atoms with Gasteiger partial charge >= 0.3 is 5.97 Å². The van der Waals surface area contributed by atoms with E-state index in [2.05, 4.69) is 11.9 Å². The zero-order chi connectivity index (χ0) is 12.8. The summed E-state index contributed by atoms with van der Waals surface area (Å²) in [6, 6.07) is 0. The number of rotatable bonds is 12. The molecule has 0 aromatic carbocycles. The van der Waals surface area contributed by atoms with Crippen LogP contribution in [-0.2, 0) is 4.79 Å². The van der Waals surface area contributed by atoms with E-state index >= 15 is 0 Å². The topological polar surface area (TPSA) is 49.7 Å². The number of nitrogens with zero attached hydrogens (tertiary/aromatic N) is 1. The second kappa shape index (κ2) is 13.2. The molecule has 0 heterocycles. The summed E-state index contributed by atoms with van der Waals surface area (Å²) in [5.41, 5.74) is 0. The fourth-order valence-corrected chi connectivity index (χ4v) is 1.83. The molecule has 0 aromatic heterocycles. The maximum atomic E-state index is 10.1. The van der Waals surface area contributed by atoms with Crippen molar-refractivity contribution in [2.45, 2.75) is 71.1 Å². The number of hydrogen-bond donors (Lipinski definition) is 1. The van der Waals surface area contributed by atoms with E-state index in [4.69, 9.17) is 5.11 Å². The van der Waals surface area contributed by atoms with Gasteiger partial charge < -0.3 is 5.11 Å². The molecule has 0 aliphatic heterocycles. The molecule has 0 unspecified atom stereocenters. The fourth-order valence-electron chi connectivity index (χ4n) is 1.83. The van der Waals surface area contributed by atoms with Gasteiger partial charge in [-0.2, -0.15) is 0 Å². The molecule has 0 saturated carbocycles. The first-order chi connectivity index (χ1) is 8.27. The van der Waals surface area contributed by atoms with Crippen molar-refractivity contribution in [1.29, 1.82) is 0 Å². The molecular weight excluding hydrogens is 214 g/mol. The summed E-state index contributed by atoms with van der Waals surface area (Å²) in [6.45, 7) is 2.90. The molecule has 0 spiro atoms. The largest absolute Gasteiger partial charge is 0.477 e. The van der Waals surface area contributed by atoms with Crippen molar-refractivity contribution in [2.24, 2.45) is 4.99 Å². The van der Waals surface area contributed by atoms with Gasteiger partial charge in [0.15, 0.2) is 0 Å². The van der Waals surface area contributed by atoms with Crippen LogP contribution in [0.3, 0.4) is 0 Å². The Labute approximate surface area is 105 Å². The van der Waals surface area contributed by atoms with Gasteiger partial charge in [-0.05, 0) is 6.42 Å². The lowest BCUT2D eigenvalue weighted by Gasteiger charge is -2.01. The molecule has 0 aromatic rings. The summed E-state index contributed by atoms with van der Waals surface area (Å²) in [7, 11) is 0. The van der Waals surface area contributed by atoms with Gasteiger partial charge in [-0.3, -0.25) is 4.99 Å². The Hall–Kier alpha value is -0.860. The van der Waals surface area contributed by atoms with Crippen LogP contribution in [0.4, 0.5) is 0 Å². The molecule has 3 heteroatoms. The second-order valence-corrected chi connectivity index (χ2v) is 4.56. The highest BCUT2D eigenvalue weighted by atomic mass is 16.4. The molecule has 0 aliphatic carbocycles. The standard InChI is InChI=1S/C14H27NO2/c1-2-3-4-5-6-7-8-9-10-11-12-15-13-14(16)17/h13H,2-12H2,1H3,(H,16,17). The van der Waals surface area contributed by atoms with Crippen LogP contribution < -0.4 is 0 Å². The fraction of sp³-hybridized carbons (Fsp3) is 0.857. The Bertz CT molecular complexity index is 202. The molecule has 0 amide bonds. The van der Waals surface area contributed by atoms with E-state index < -0.39 is 5.97 Å². The smallest absolute Gasteiger partial charge is 0.346 e. The second-order valence-electron chi connectivity index (χ2n) is 4.56.